The zero-order valence-electron chi connectivity index (χ0n) is 31.8. The Balaban J connectivity index is 0.000000253. The van der Waals surface area contributed by atoms with E-state index >= 15 is 0 Å². The maximum atomic E-state index is 6.58. The van der Waals surface area contributed by atoms with Gasteiger partial charge < -0.3 is 14.4 Å². The molecule has 6 aromatic carbocycles. The molecule has 0 amide bonds. The molecule has 0 spiro atoms. The average Bonchev–Trinajstić information content (AvgIpc) is 3.55. The smallest absolute Gasteiger partial charge is 0.128 e. The number of fused-ring (bicyclic) bond motifs is 6. The maximum absolute atomic E-state index is 6.58. The minimum absolute atomic E-state index is 0. The molecule has 4 heteroatoms. The van der Waals surface area contributed by atoms with E-state index in [9.17, 15) is 0 Å². The summed E-state index contributed by atoms with van der Waals surface area (Å²) in [5.41, 5.74) is 14.2. The molecular weight excluding hydrogens is 837 g/mol. The van der Waals surface area contributed by atoms with Crippen molar-refractivity contribution in [2.75, 3.05) is 0 Å². The minimum atomic E-state index is 0. The Morgan fingerprint density at radius 3 is 2.06 bits per heavy atom. The van der Waals surface area contributed by atoms with E-state index < -0.39 is 0 Å². The molecule has 0 bridgehead atoms. The Morgan fingerprint density at radius 2 is 1.30 bits per heavy atom. The summed E-state index contributed by atoms with van der Waals surface area (Å²) in [5.74, 6) is 0. The van der Waals surface area contributed by atoms with Gasteiger partial charge in [0.1, 0.15) is 5.58 Å². The van der Waals surface area contributed by atoms with Crippen LogP contribution >= 0.6 is 0 Å². The maximum Gasteiger partial charge on any atom is 0.128 e. The second-order valence-electron chi connectivity index (χ2n) is 15.2. The van der Waals surface area contributed by atoms with Crippen LogP contribution in [0.3, 0.4) is 0 Å². The summed E-state index contributed by atoms with van der Waals surface area (Å²) in [7, 11) is 0. The van der Waals surface area contributed by atoms with Crippen molar-refractivity contribution in [2.24, 2.45) is 0 Å². The Kier molecular flexibility index (Phi) is 10.1. The standard InChI is InChI=1S/C37H30NO.C13H12N.Ir/c1-22-17-26-18-27(37(3,4)5)15-13-25(26)19-32(22)33-20-34(38-21-23(33)2)31-12-8-11-29-30-16-14-24-9-6-7-10-28(24)35(30)39-36(29)31;1-10-3-6-12(7-4-10)13-8-5-11(2)9-14-13;/h6-11,13-21H,1-5H3;3-6,8-9H,1-2H3;/q2*-1;. The molecule has 0 fully saturated rings. The predicted molar refractivity (Wildman–Crippen MR) is 222 cm³/mol. The van der Waals surface area contributed by atoms with Crippen molar-refractivity contribution in [1.29, 1.82) is 0 Å². The molecule has 9 aromatic rings. The van der Waals surface area contributed by atoms with Crippen LogP contribution in [-0.4, -0.2) is 9.97 Å². The normalized spacial score (nSPS) is 11.5. The molecule has 0 saturated carbocycles. The molecular formula is C50H42IrN2O-2. The van der Waals surface area contributed by atoms with Gasteiger partial charge in [0.15, 0.2) is 0 Å². The number of rotatable bonds is 3. The van der Waals surface area contributed by atoms with E-state index in [1.54, 1.807) is 0 Å². The number of furan rings is 1. The molecule has 0 aliphatic rings. The molecule has 3 nitrogen and oxygen atoms in total. The van der Waals surface area contributed by atoms with Gasteiger partial charge in [0.2, 0.25) is 0 Å². The molecule has 54 heavy (non-hydrogen) atoms. The van der Waals surface area contributed by atoms with E-state index in [1.807, 2.05) is 43.6 Å². The van der Waals surface area contributed by atoms with Gasteiger partial charge in [-0.15, -0.1) is 53.6 Å². The summed E-state index contributed by atoms with van der Waals surface area (Å²) in [4.78, 5) is 9.20. The first-order valence-corrected chi connectivity index (χ1v) is 18.2. The summed E-state index contributed by atoms with van der Waals surface area (Å²) in [5, 5.41) is 7.03. The van der Waals surface area contributed by atoms with Crippen molar-refractivity contribution in [1.82, 2.24) is 9.97 Å². The average molecular weight is 879 g/mol. The van der Waals surface area contributed by atoms with Crippen LogP contribution in [-0.2, 0) is 25.5 Å². The van der Waals surface area contributed by atoms with Crippen LogP contribution in [0.5, 0.6) is 0 Å². The molecule has 0 unspecified atom stereocenters. The van der Waals surface area contributed by atoms with E-state index in [4.69, 9.17) is 9.40 Å². The van der Waals surface area contributed by atoms with Crippen LogP contribution in [0.15, 0.2) is 132 Å². The van der Waals surface area contributed by atoms with Crippen molar-refractivity contribution >= 4 is 43.5 Å². The predicted octanol–water partition coefficient (Wildman–Crippen LogP) is 13.5. The first-order chi connectivity index (χ1) is 25.5. The van der Waals surface area contributed by atoms with Crippen LogP contribution < -0.4 is 0 Å². The van der Waals surface area contributed by atoms with E-state index in [2.05, 4.69) is 150 Å². The number of aryl methyl sites for hydroxylation is 4. The number of hydrogen-bond donors (Lipinski definition) is 0. The second kappa shape index (κ2) is 14.8. The summed E-state index contributed by atoms with van der Waals surface area (Å²) in [6, 6.07) is 47.3. The second-order valence-corrected chi connectivity index (χ2v) is 15.2. The third kappa shape index (κ3) is 7.12. The zero-order chi connectivity index (χ0) is 36.9. The molecule has 0 N–H and O–H groups in total. The summed E-state index contributed by atoms with van der Waals surface area (Å²) < 4.78 is 6.58. The quantitative estimate of drug-likeness (QED) is 0.166. The molecule has 9 rings (SSSR count). The fraction of sp³-hybridized carbons (Fsp3) is 0.160. The van der Waals surface area contributed by atoms with Gasteiger partial charge in [-0.2, -0.15) is 0 Å². The number of hydrogen-bond acceptors (Lipinski definition) is 3. The van der Waals surface area contributed by atoms with Crippen molar-refractivity contribution in [3.8, 4) is 33.6 Å². The van der Waals surface area contributed by atoms with Crippen molar-refractivity contribution in [3.05, 3.63) is 168 Å². The summed E-state index contributed by atoms with van der Waals surface area (Å²) in [6.45, 7) is 15.2. The Morgan fingerprint density at radius 1 is 0.556 bits per heavy atom. The van der Waals surface area contributed by atoms with E-state index in [1.165, 1.54) is 49.5 Å². The number of aromatic nitrogens is 2. The molecule has 3 aromatic heterocycles. The molecule has 0 aliphatic carbocycles. The van der Waals surface area contributed by atoms with Crippen molar-refractivity contribution in [3.63, 3.8) is 0 Å². The monoisotopic (exact) mass is 879 g/mol. The topological polar surface area (TPSA) is 38.9 Å². The van der Waals surface area contributed by atoms with E-state index in [0.717, 1.165) is 55.4 Å². The van der Waals surface area contributed by atoms with Crippen LogP contribution in [0.2, 0.25) is 0 Å². The summed E-state index contributed by atoms with van der Waals surface area (Å²) >= 11 is 0. The first-order valence-electron chi connectivity index (χ1n) is 18.2. The van der Waals surface area contributed by atoms with Gasteiger partial charge in [0.25, 0.3) is 0 Å². The molecule has 3 heterocycles. The van der Waals surface area contributed by atoms with Crippen molar-refractivity contribution < 1.29 is 24.5 Å². The molecule has 0 saturated heterocycles. The van der Waals surface area contributed by atoms with Crippen LogP contribution in [0, 0.1) is 39.8 Å². The molecule has 1 radical (unpaired) electrons. The van der Waals surface area contributed by atoms with Gasteiger partial charge in [-0.3, -0.25) is 0 Å². The van der Waals surface area contributed by atoms with Gasteiger partial charge in [0.05, 0.1) is 5.58 Å². The Labute approximate surface area is 331 Å². The van der Waals surface area contributed by atoms with Crippen LogP contribution in [0.25, 0.3) is 77.1 Å². The van der Waals surface area contributed by atoms with Gasteiger partial charge in [-0.25, -0.2) is 0 Å². The summed E-state index contributed by atoms with van der Waals surface area (Å²) in [6.07, 6.45) is 3.85. The SMILES string of the molecule is Cc1c[c-]c(-c2ccc(C)cn2)cc1.Cc1cnc(-c2[c-]ccc3c2oc2c4ccccc4ccc32)cc1-c1cc2ccc(C(C)(C)C)cc2cc1C.[Ir]. The first kappa shape index (κ1) is 36.9. The minimum Gasteiger partial charge on any atom is -0.500 e. The molecule has 269 valence electrons. The van der Waals surface area contributed by atoms with Gasteiger partial charge >= 0.3 is 0 Å². The number of benzene rings is 6. The number of nitrogens with zero attached hydrogens (tertiary/aromatic N) is 2. The fourth-order valence-electron chi connectivity index (χ4n) is 7.07. The van der Waals surface area contributed by atoms with Gasteiger partial charge in [-0.1, -0.05) is 118 Å². The molecule has 0 atom stereocenters. The largest absolute Gasteiger partial charge is 0.500 e. The van der Waals surface area contributed by atoms with Crippen molar-refractivity contribution in [2.45, 2.75) is 53.9 Å². The van der Waals surface area contributed by atoms with Gasteiger partial charge in [-0.05, 0) is 93.2 Å². The number of pyridine rings is 2. The van der Waals surface area contributed by atoms with Crippen LogP contribution in [0.4, 0.5) is 0 Å². The molecule has 0 aliphatic heterocycles. The Hall–Kier alpha value is -5.41. The third-order valence-electron chi connectivity index (χ3n) is 10.2. The Bertz CT molecular complexity index is 2750. The van der Waals surface area contributed by atoms with E-state index in [0.29, 0.717) is 0 Å². The van der Waals surface area contributed by atoms with Gasteiger partial charge in [0, 0.05) is 43.3 Å². The van der Waals surface area contributed by atoms with Crippen LogP contribution in [0.1, 0.15) is 48.6 Å². The third-order valence-corrected chi connectivity index (χ3v) is 10.2. The zero-order valence-corrected chi connectivity index (χ0v) is 34.2. The van der Waals surface area contributed by atoms with E-state index in [-0.39, 0.29) is 25.5 Å². The fourth-order valence-corrected chi connectivity index (χ4v) is 7.07.